The Morgan fingerprint density at radius 1 is 1.00 bits per heavy atom. The largest absolute Gasteiger partial charge is 0.461 e. The lowest BCUT2D eigenvalue weighted by atomic mass is 10.0. The second-order valence-electron chi connectivity index (χ2n) is 4.00. The van der Waals surface area contributed by atoms with Gasteiger partial charge >= 0.3 is 0 Å². The molecule has 1 aromatic carbocycles. The molecular formula is C14H18O. The van der Waals surface area contributed by atoms with Crippen LogP contribution in [0.1, 0.15) is 38.0 Å². The minimum absolute atomic E-state index is 1.05. The van der Waals surface area contributed by atoms with Crippen molar-refractivity contribution in [3.05, 3.63) is 35.6 Å². The van der Waals surface area contributed by atoms with Crippen LogP contribution in [0.25, 0.3) is 11.0 Å². The van der Waals surface area contributed by atoms with Gasteiger partial charge in [-0.05, 0) is 18.9 Å². The third-order valence-corrected chi connectivity index (χ3v) is 2.76. The van der Waals surface area contributed by atoms with Gasteiger partial charge in [-0.1, -0.05) is 38.5 Å². The Hall–Kier alpha value is -1.24. The minimum atomic E-state index is 1.05. The fraction of sp³-hybridized carbons (Fsp3) is 0.429. The van der Waals surface area contributed by atoms with Crippen molar-refractivity contribution in [2.75, 3.05) is 0 Å². The van der Waals surface area contributed by atoms with E-state index in [4.69, 9.17) is 4.42 Å². The van der Waals surface area contributed by atoms with Gasteiger partial charge in [-0.15, -0.1) is 0 Å². The molecule has 0 fully saturated rings. The fourth-order valence-corrected chi connectivity index (χ4v) is 2.10. The third kappa shape index (κ3) is 1.92. The van der Waals surface area contributed by atoms with E-state index in [2.05, 4.69) is 32.0 Å². The Kier molecular flexibility index (Phi) is 3.10. The van der Waals surface area contributed by atoms with Crippen LogP contribution >= 0.6 is 0 Å². The van der Waals surface area contributed by atoms with Crippen molar-refractivity contribution >= 4 is 11.0 Å². The maximum Gasteiger partial charge on any atom is 0.134 e. The van der Waals surface area contributed by atoms with Gasteiger partial charge in [0.25, 0.3) is 0 Å². The molecule has 0 bridgehead atoms. The molecule has 0 unspecified atom stereocenters. The molecule has 1 aromatic heterocycles. The molecule has 2 rings (SSSR count). The summed E-state index contributed by atoms with van der Waals surface area (Å²) in [5.74, 6) is 1.19. The van der Waals surface area contributed by atoms with Crippen molar-refractivity contribution in [2.24, 2.45) is 0 Å². The van der Waals surface area contributed by atoms with E-state index < -0.39 is 0 Å². The molecule has 0 aliphatic rings. The van der Waals surface area contributed by atoms with Crippen LogP contribution in [0.5, 0.6) is 0 Å². The van der Waals surface area contributed by atoms with E-state index in [1.54, 1.807) is 0 Å². The molecule has 1 nitrogen and oxygen atoms in total. The zero-order chi connectivity index (χ0) is 10.7. The molecule has 15 heavy (non-hydrogen) atoms. The van der Waals surface area contributed by atoms with E-state index in [-0.39, 0.29) is 0 Å². The molecule has 1 heteroatoms. The first kappa shape index (κ1) is 10.3. The number of para-hydroxylation sites is 1. The Labute approximate surface area is 91.1 Å². The van der Waals surface area contributed by atoms with E-state index in [9.17, 15) is 0 Å². The molecule has 0 radical (unpaired) electrons. The maximum absolute atomic E-state index is 5.89. The summed E-state index contributed by atoms with van der Waals surface area (Å²) in [5, 5.41) is 1.31. The van der Waals surface area contributed by atoms with Crippen LogP contribution in [0.3, 0.4) is 0 Å². The summed E-state index contributed by atoms with van der Waals surface area (Å²) in [6.45, 7) is 4.42. The van der Waals surface area contributed by atoms with Crippen LogP contribution in [0, 0.1) is 0 Å². The molecule has 0 spiro atoms. The molecule has 1 heterocycles. The summed E-state index contributed by atoms with van der Waals surface area (Å²) in [6, 6.07) is 8.36. The standard InChI is InChI=1S/C14H18O/c1-3-7-11-12-9-5-6-10-14(12)15-13(11)8-4-2/h5-6,9-10H,3-4,7-8H2,1-2H3. The first-order valence-corrected chi connectivity index (χ1v) is 5.86. The lowest BCUT2D eigenvalue weighted by Crippen LogP contribution is -1.88. The van der Waals surface area contributed by atoms with Crippen molar-refractivity contribution in [1.82, 2.24) is 0 Å². The van der Waals surface area contributed by atoms with Gasteiger partial charge in [0.05, 0.1) is 0 Å². The lowest BCUT2D eigenvalue weighted by molar-refractivity contribution is 0.537. The summed E-state index contributed by atoms with van der Waals surface area (Å²) >= 11 is 0. The smallest absolute Gasteiger partial charge is 0.134 e. The molecule has 0 saturated carbocycles. The summed E-state index contributed by atoms with van der Waals surface area (Å²) in [7, 11) is 0. The highest BCUT2D eigenvalue weighted by molar-refractivity contribution is 5.82. The number of fused-ring (bicyclic) bond motifs is 1. The van der Waals surface area contributed by atoms with Crippen LogP contribution in [0.15, 0.2) is 28.7 Å². The third-order valence-electron chi connectivity index (χ3n) is 2.76. The second kappa shape index (κ2) is 4.52. The van der Waals surface area contributed by atoms with Crippen LogP contribution < -0.4 is 0 Å². The molecule has 0 atom stereocenters. The van der Waals surface area contributed by atoms with Crippen molar-refractivity contribution in [3.8, 4) is 0 Å². The number of hydrogen-bond donors (Lipinski definition) is 0. The van der Waals surface area contributed by atoms with Gasteiger partial charge in [0, 0.05) is 17.4 Å². The van der Waals surface area contributed by atoms with E-state index in [0.29, 0.717) is 0 Å². The van der Waals surface area contributed by atoms with Crippen molar-refractivity contribution < 1.29 is 4.42 Å². The van der Waals surface area contributed by atoms with Crippen molar-refractivity contribution in [1.29, 1.82) is 0 Å². The number of rotatable bonds is 4. The van der Waals surface area contributed by atoms with Crippen LogP contribution in [-0.4, -0.2) is 0 Å². The molecular weight excluding hydrogens is 184 g/mol. The number of hydrogen-bond acceptors (Lipinski definition) is 1. The molecule has 80 valence electrons. The molecule has 0 aliphatic heterocycles. The highest BCUT2D eigenvalue weighted by Gasteiger charge is 2.11. The van der Waals surface area contributed by atoms with Gasteiger partial charge < -0.3 is 4.42 Å². The summed E-state index contributed by atoms with van der Waals surface area (Å²) in [6.07, 6.45) is 4.52. The maximum atomic E-state index is 5.89. The Balaban J connectivity index is 2.53. The van der Waals surface area contributed by atoms with Crippen molar-refractivity contribution in [2.45, 2.75) is 39.5 Å². The molecule has 0 N–H and O–H groups in total. The minimum Gasteiger partial charge on any atom is -0.461 e. The van der Waals surface area contributed by atoms with Crippen LogP contribution in [0.2, 0.25) is 0 Å². The van der Waals surface area contributed by atoms with Gasteiger partial charge in [0.2, 0.25) is 0 Å². The summed E-state index contributed by atoms with van der Waals surface area (Å²) in [5.41, 5.74) is 2.47. The van der Waals surface area contributed by atoms with Crippen LogP contribution in [-0.2, 0) is 12.8 Å². The fourth-order valence-electron chi connectivity index (χ4n) is 2.10. The van der Waals surface area contributed by atoms with Gasteiger partial charge in [-0.3, -0.25) is 0 Å². The molecule has 2 aromatic rings. The summed E-state index contributed by atoms with van der Waals surface area (Å²) in [4.78, 5) is 0. The predicted octanol–water partition coefficient (Wildman–Crippen LogP) is 4.34. The van der Waals surface area contributed by atoms with Gasteiger partial charge in [0.15, 0.2) is 0 Å². The second-order valence-corrected chi connectivity index (χ2v) is 4.00. The van der Waals surface area contributed by atoms with Gasteiger partial charge in [-0.2, -0.15) is 0 Å². The Bertz CT molecular complexity index is 440. The SMILES string of the molecule is CCCc1oc2ccccc2c1CCC. The first-order valence-electron chi connectivity index (χ1n) is 5.86. The van der Waals surface area contributed by atoms with E-state index in [0.717, 1.165) is 24.8 Å². The van der Waals surface area contributed by atoms with E-state index >= 15 is 0 Å². The molecule has 0 aliphatic carbocycles. The van der Waals surface area contributed by atoms with Crippen LogP contribution in [0.4, 0.5) is 0 Å². The quantitative estimate of drug-likeness (QED) is 0.719. The van der Waals surface area contributed by atoms with E-state index in [1.165, 1.54) is 23.1 Å². The average molecular weight is 202 g/mol. The first-order chi connectivity index (χ1) is 7.36. The Morgan fingerprint density at radius 2 is 1.73 bits per heavy atom. The lowest BCUT2D eigenvalue weighted by Gasteiger charge is -1.98. The molecule has 0 amide bonds. The predicted molar refractivity (Wildman–Crippen MR) is 64.2 cm³/mol. The molecule has 0 saturated heterocycles. The number of aryl methyl sites for hydroxylation is 2. The number of furan rings is 1. The zero-order valence-electron chi connectivity index (χ0n) is 9.55. The highest BCUT2D eigenvalue weighted by atomic mass is 16.3. The summed E-state index contributed by atoms with van der Waals surface area (Å²) < 4.78 is 5.89. The average Bonchev–Trinajstić information content (AvgIpc) is 2.59. The van der Waals surface area contributed by atoms with Crippen molar-refractivity contribution in [3.63, 3.8) is 0 Å². The normalized spacial score (nSPS) is 11.1. The van der Waals surface area contributed by atoms with Gasteiger partial charge in [0.1, 0.15) is 11.3 Å². The topological polar surface area (TPSA) is 13.1 Å². The highest BCUT2D eigenvalue weighted by Crippen LogP contribution is 2.27. The Morgan fingerprint density at radius 3 is 2.47 bits per heavy atom. The van der Waals surface area contributed by atoms with Gasteiger partial charge in [-0.25, -0.2) is 0 Å². The zero-order valence-corrected chi connectivity index (χ0v) is 9.55. The monoisotopic (exact) mass is 202 g/mol. The number of benzene rings is 1. The van der Waals surface area contributed by atoms with E-state index in [1.807, 2.05) is 6.07 Å².